The Morgan fingerprint density at radius 2 is 1.90 bits per heavy atom. The number of nitrogens with one attached hydrogen (secondary N) is 1. The van der Waals surface area contributed by atoms with Crippen LogP contribution in [0.5, 0.6) is 0 Å². The molecule has 1 aromatic carbocycles. The molecule has 2 nitrogen and oxygen atoms in total. The predicted octanol–water partition coefficient (Wildman–Crippen LogP) is 4.74. The summed E-state index contributed by atoms with van der Waals surface area (Å²) in [5, 5.41) is 4.94. The molecule has 0 saturated carbocycles. The van der Waals surface area contributed by atoms with Crippen molar-refractivity contribution < 1.29 is 4.79 Å². The van der Waals surface area contributed by atoms with Crippen LogP contribution in [-0.4, -0.2) is 5.91 Å². The first-order valence-electron chi connectivity index (χ1n) is 7.04. The van der Waals surface area contributed by atoms with Crippen LogP contribution in [-0.2, 0) is 6.54 Å². The molecule has 0 bridgehead atoms. The molecule has 21 heavy (non-hydrogen) atoms. The van der Waals surface area contributed by atoms with Crippen molar-refractivity contribution >= 4 is 23.3 Å². The maximum Gasteiger partial charge on any atom is 0.251 e. The van der Waals surface area contributed by atoms with Crippen molar-refractivity contribution in [2.24, 2.45) is 5.41 Å². The molecular weight excluding hydrogens is 278 g/mol. The van der Waals surface area contributed by atoms with Crippen LogP contribution in [0.1, 0.15) is 41.6 Å². The zero-order valence-corrected chi connectivity index (χ0v) is 13.5. The van der Waals surface area contributed by atoms with Gasteiger partial charge in [0.25, 0.3) is 5.91 Å². The van der Waals surface area contributed by atoms with Crippen LogP contribution in [0.3, 0.4) is 0 Å². The van der Waals surface area contributed by atoms with Gasteiger partial charge in [-0.25, -0.2) is 0 Å². The molecule has 1 aromatic heterocycles. The molecule has 110 valence electrons. The zero-order chi connectivity index (χ0) is 15.3. The number of hydrogen-bond donors (Lipinski definition) is 1. The second-order valence-corrected chi connectivity index (χ2v) is 7.12. The first-order chi connectivity index (χ1) is 9.94. The van der Waals surface area contributed by atoms with Gasteiger partial charge in [-0.15, -0.1) is 11.3 Å². The minimum atomic E-state index is -0.0326. The maximum absolute atomic E-state index is 12.0. The molecule has 0 aliphatic rings. The van der Waals surface area contributed by atoms with E-state index in [9.17, 15) is 4.79 Å². The summed E-state index contributed by atoms with van der Waals surface area (Å²) in [6.07, 6.45) is 4.26. The molecular formula is C18H21NOS. The summed E-state index contributed by atoms with van der Waals surface area (Å²) in [7, 11) is 0. The van der Waals surface area contributed by atoms with Gasteiger partial charge in [0.1, 0.15) is 0 Å². The largest absolute Gasteiger partial charge is 0.347 e. The van der Waals surface area contributed by atoms with Gasteiger partial charge in [0.05, 0.1) is 6.54 Å². The molecule has 2 aromatic rings. The third kappa shape index (κ3) is 5.20. The number of allylic oxidation sites excluding steroid dienone is 1. The Balaban J connectivity index is 1.95. The molecule has 1 heterocycles. The Kier molecular flexibility index (Phi) is 4.97. The summed E-state index contributed by atoms with van der Waals surface area (Å²) in [5.41, 5.74) is 1.97. The summed E-state index contributed by atoms with van der Waals surface area (Å²) < 4.78 is 0. The van der Waals surface area contributed by atoms with E-state index in [0.29, 0.717) is 12.1 Å². The second-order valence-electron chi connectivity index (χ2n) is 6.08. The third-order valence-electron chi connectivity index (χ3n) is 2.95. The lowest BCUT2D eigenvalue weighted by molar-refractivity contribution is 0.0951. The quantitative estimate of drug-likeness (QED) is 0.868. The lowest BCUT2D eigenvalue weighted by Crippen LogP contribution is -2.22. The third-order valence-corrected chi connectivity index (χ3v) is 3.83. The van der Waals surface area contributed by atoms with Crippen LogP contribution in [0.25, 0.3) is 6.08 Å². The number of thiophene rings is 1. The fraction of sp³-hybridized carbons (Fsp3) is 0.278. The molecule has 0 saturated heterocycles. The summed E-state index contributed by atoms with van der Waals surface area (Å²) in [6, 6.07) is 11.7. The molecule has 1 N–H and O–H groups in total. The Hall–Kier alpha value is -1.87. The normalized spacial score (nSPS) is 11.8. The fourth-order valence-electron chi connectivity index (χ4n) is 1.77. The van der Waals surface area contributed by atoms with Crippen molar-refractivity contribution in [2.75, 3.05) is 0 Å². The molecule has 0 aliphatic heterocycles. The number of carbonyl (C=O) groups excluding carboxylic acids is 1. The smallest absolute Gasteiger partial charge is 0.251 e. The van der Waals surface area contributed by atoms with E-state index in [2.05, 4.69) is 38.2 Å². The highest BCUT2D eigenvalue weighted by molar-refractivity contribution is 7.09. The van der Waals surface area contributed by atoms with Crippen molar-refractivity contribution in [3.05, 3.63) is 63.9 Å². The number of rotatable bonds is 4. The average molecular weight is 299 g/mol. The highest BCUT2D eigenvalue weighted by Gasteiger charge is 2.06. The topological polar surface area (TPSA) is 29.1 Å². The van der Waals surface area contributed by atoms with E-state index < -0.39 is 0 Å². The number of carbonyl (C=O) groups is 1. The second kappa shape index (κ2) is 6.72. The highest BCUT2D eigenvalue weighted by Crippen LogP contribution is 2.17. The van der Waals surface area contributed by atoms with Gasteiger partial charge >= 0.3 is 0 Å². The molecule has 1 amide bonds. The van der Waals surface area contributed by atoms with Gasteiger partial charge in [-0.2, -0.15) is 0 Å². The Morgan fingerprint density at radius 1 is 1.19 bits per heavy atom. The van der Waals surface area contributed by atoms with Crippen molar-refractivity contribution in [3.63, 3.8) is 0 Å². The van der Waals surface area contributed by atoms with E-state index in [1.54, 1.807) is 11.3 Å². The van der Waals surface area contributed by atoms with Crippen LogP contribution in [0.2, 0.25) is 0 Å². The molecule has 0 fully saturated rings. The summed E-state index contributed by atoms with van der Waals surface area (Å²) in [4.78, 5) is 13.2. The van der Waals surface area contributed by atoms with E-state index in [1.807, 2.05) is 41.8 Å². The lowest BCUT2D eigenvalue weighted by atomic mass is 9.95. The molecule has 0 atom stereocenters. The summed E-state index contributed by atoms with van der Waals surface area (Å²) >= 11 is 1.65. The minimum absolute atomic E-state index is 0.0326. The molecule has 0 radical (unpaired) electrons. The number of amides is 1. The monoisotopic (exact) mass is 299 g/mol. The van der Waals surface area contributed by atoms with Crippen molar-refractivity contribution in [3.8, 4) is 0 Å². The van der Waals surface area contributed by atoms with Gasteiger partial charge in [-0.1, -0.05) is 51.1 Å². The minimum Gasteiger partial charge on any atom is -0.347 e. The van der Waals surface area contributed by atoms with Crippen LogP contribution in [0, 0.1) is 5.41 Å². The van der Waals surface area contributed by atoms with E-state index in [4.69, 9.17) is 0 Å². The van der Waals surface area contributed by atoms with Crippen molar-refractivity contribution in [1.29, 1.82) is 0 Å². The van der Waals surface area contributed by atoms with Crippen LogP contribution in [0.15, 0.2) is 47.9 Å². The van der Waals surface area contributed by atoms with E-state index in [1.165, 1.54) is 0 Å². The highest BCUT2D eigenvalue weighted by atomic mass is 32.1. The first kappa shape index (κ1) is 15.5. The van der Waals surface area contributed by atoms with Gasteiger partial charge in [0.15, 0.2) is 0 Å². The molecule has 2 rings (SSSR count). The van der Waals surface area contributed by atoms with Crippen molar-refractivity contribution in [2.45, 2.75) is 27.3 Å². The zero-order valence-electron chi connectivity index (χ0n) is 12.7. The lowest BCUT2D eigenvalue weighted by Gasteiger charge is -2.11. The molecule has 0 unspecified atom stereocenters. The maximum atomic E-state index is 12.0. The SMILES string of the molecule is CC(C)(C)C=Cc1ccc(C(=O)NCc2cccs2)cc1. The van der Waals surface area contributed by atoms with Crippen LogP contribution in [0.4, 0.5) is 0 Å². The van der Waals surface area contributed by atoms with E-state index in [-0.39, 0.29) is 11.3 Å². The van der Waals surface area contributed by atoms with Crippen molar-refractivity contribution in [1.82, 2.24) is 5.32 Å². The van der Waals surface area contributed by atoms with Crippen LogP contribution >= 0.6 is 11.3 Å². The van der Waals surface area contributed by atoms with Crippen LogP contribution < -0.4 is 5.32 Å². The van der Waals surface area contributed by atoms with E-state index >= 15 is 0 Å². The number of hydrogen-bond acceptors (Lipinski definition) is 2. The summed E-state index contributed by atoms with van der Waals surface area (Å²) in [6.45, 7) is 7.07. The van der Waals surface area contributed by atoms with Gasteiger partial charge in [0, 0.05) is 10.4 Å². The average Bonchev–Trinajstić information content (AvgIpc) is 2.95. The Labute approximate surface area is 130 Å². The predicted molar refractivity (Wildman–Crippen MR) is 90.4 cm³/mol. The Bertz CT molecular complexity index is 604. The molecule has 0 aliphatic carbocycles. The molecule has 0 spiro atoms. The standard InChI is InChI=1S/C18H21NOS/c1-18(2,3)11-10-14-6-8-15(9-7-14)17(20)19-13-16-5-4-12-21-16/h4-12H,13H2,1-3H3,(H,19,20). The van der Waals surface area contributed by atoms with Gasteiger partial charge in [-0.3, -0.25) is 4.79 Å². The molecule has 3 heteroatoms. The summed E-state index contributed by atoms with van der Waals surface area (Å²) in [5.74, 6) is -0.0326. The fourth-order valence-corrected chi connectivity index (χ4v) is 2.42. The van der Waals surface area contributed by atoms with Gasteiger partial charge < -0.3 is 5.32 Å². The number of benzene rings is 1. The van der Waals surface area contributed by atoms with Gasteiger partial charge in [0.2, 0.25) is 0 Å². The first-order valence-corrected chi connectivity index (χ1v) is 7.92. The van der Waals surface area contributed by atoms with E-state index in [0.717, 1.165) is 10.4 Å². The Morgan fingerprint density at radius 3 is 2.48 bits per heavy atom. The van der Waals surface area contributed by atoms with Gasteiger partial charge in [-0.05, 0) is 34.6 Å².